The van der Waals surface area contributed by atoms with E-state index in [2.05, 4.69) is 46.9 Å². The quantitative estimate of drug-likeness (QED) is 0.790. The molecule has 0 atom stereocenters. The molecule has 4 rings (SSSR count). The lowest BCUT2D eigenvalue weighted by atomic mass is 10.0. The number of aryl methyl sites for hydroxylation is 2. The van der Waals surface area contributed by atoms with Crippen molar-refractivity contribution < 1.29 is 4.74 Å². The van der Waals surface area contributed by atoms with E-state index in [0.717, 1.165) is 43.2 Å². The molecule has 5 nitrogen and oxygen atoms in total. The average Bonchev–Trinajstić information content (AvgIpc) is 3.11. The molecular weight excluding hydrogens is 288 g/mol. The third-order valence-electron chi connectivity index (χ3n) is 4.45. The second kappa shape index (κ2) is 5.66. The number of anilines is 1. The second-order valence-electron chi connectivity index (χ2n) is 6.05. The summed E-state index contributed by atoms with van der Waals surface area (Å²) >= 11 is 0. The third-order valence-corrected chi connectivity index (χ3v) is 4.45. The van der Waals surface area contributed by atoms with Gasteiger partial charge >= 0.3 is 0 Å². The molecule has 5 heteroatoms. The fourth-order valence-electron chi connectivity index (χ4n) is 3.18. The Morgan fingerprint density at radius 3 is 2.65 bits per heavy atom. The highest BCUT2D eigenvalue weighted by molar-refractivity contribution is 5.90. The molecule has 1 aromatic carbocycles. The Morgan fingerprint density at radius 2 is 1.91 bits per heavy atom. The minimum absolute atomic E-state index is 0.799. The number of morpholine rings is 1. The Labute approximate surface area is 135 Å². The molecule has 3 aromatic rings. The highest BCUT2D eigenvalue weighted by atomic mass is 16.5. The average molecular weight is 308 g/mol. The molecule has 0 aliphatic carbocycles. The van der Waals surface area contributed by atoms with Crippen LogP contribution >= 0.6 is 0 Å². The van der Waals surface area contributed by atoms with Gasteiger partial charge in [0.05, 0.1) is 42.6 Å². The number of hydrogen-bond donors (Lipinski definition) is 1. The first-order chi connectivity index (χ1) is 11.2. The number of aromatic nitrogens is 3. The maximum absolute atomic E-state index is 5.46. The van der Waals surface area contributed by atoms with Gasteiger partial charge in [0, 0.05) is 24.2 Å². The van der Waals surface area contributed by atoms with Crippen LogP contribution in [0.3, 0.4) is 0 Å². The van der Waals surface area contributed by atoms with E-state index in [9.17, 15) is 0 Å². The molecule has 0 saturated carbocycles. The number of nitrogens with zero attached hydrogens (tertiary/aromatic N) is 3. The van der Waals surface area contributed by atoms with Crippen molar-refractivity contribution in [1.82, 2.24) is 15.0 Å². The molecule has 3 heterocycles. The maximum atomic E-state index is 5.46. The first kappa shape index (κ1) is 14.2. The van der Waals surface area contributed by atoms with E-state index in [1.165, 1.54) is 22.2 Å². The number of hydrogen-bond acceptors (Lipinski definition) is 4. The number of nitrogens with one attached hydrogen (secondary N) is 1. The van der Waals surface area contributed by atoms with Gasteiger partial charge in [-0.3, -0.25) is 0 Å². The molecule has 23 heavy (non-hydrogen) atoms. The lowest BCUT2D eigenvalue weighted by molar-refractivity contribution is 0.122. The lowest BCUT2D eigenvalue weighted by Crippen LogP contribution is -2.36. The van der Waals surface area contributed by atoms with Crippen molar-refractivity contribution in [2.24, 2.45) is 0 Å². The molecule has 1 aliphatic heterocycles. The fraction of sp³-hybridized carbons (Fsp3) is 0.333. The van der Waals surface area contributed by atoms with Crippen LogP contribution < -0.4 is 4.90 Å². The van der Waals surface area contributed by atoms with Gasteiger partial charge in [-0.15, -0.1) is 0 Å². The number of ether oxygens (including phenoxy) is 1. The van der Waals surface area contributed by atoms with Crippen molar-refractivity contribution >= 4 is 16.6 Å². The molecule has 0 radical (unpaired) electrons. The van der Waals surface area contributed by atoms with Gasteiger partial charge in [0.2, 0.25) is 0 Å². The molecular formula is C18H20N4O. The monoisotopic (exact) mass is 308 g/mol. The summed E-state index contributed by atoms with van der Waals surface area (Å²) in [6.07, 6.45) is 3.50. The summed E-state index contributed by atoms with van der Waals surface area (Å²) in [5, 5.41) is 1.22. The summed E-state index contributed by atoms with van der Waals surface area (Å²) in [5.74, 6) is 0. The molecule has 2 aromatic heterocycles. The number of aromatic amines is 1. The molecule has 0 bridgehead atoms. The summed E-state index contributed by atoms with van der Waals surface area (Å²) in [4.78, 5) is 14.5. The number of benzene rings is 1. The molecule has 1 saturated heterocycles. The Kier molecular flexibility index (Phi) is 3.50. The van der Waals surface area contributed by atoms with Gasteiger partial charge in [-0.1, -0.05) is 0 Å². The van der Waals surface area contributed by atoms with Gasteiger partial charge in [-0.05, 0) is 43.2 Å². The SMILES string of the molecule is Cc1cc(-c2cnc[nH]2)nc2c(C)cc(N3CCOCC3)cc12. The summed E-state index contributed by atoms with van der Waals surface area (Å²) in [6.45, 7) is 7.77. The minimum Gasteiger partial charge on any atom is -0.378 e. The Morgan fingerprint density at radius 1 is 1.09 bits per heavy atom. The van der Waals surface area contributed by atoms with Gasteiger partial charge in [0.25, 0.3) is 0 Å². The largest absolute Gasteiger partial charge is 0.378 e. The zero-order chi connectivity index (χ0) is 15.8. The van der Waals surface area contributed by atoms with Gasteiger partial charge in [0.15, 0.2) is 0 Å². The molecule has 0 unspecified atom stereocenters. The Hall–Kier alpha value is -2.40. The van der Waals surface area contributed by atoms with Gasteiger partial charge in [-0.2, -0.15) is 0 Å². The number of imidazole rings is 1. The van der Waals surface area contributed by atoms with Crippen molar-refractivity contribution in [2.75, 3.05) is 31.2 Å². The lowest BCUT2D eigenvalue weighted by Gasteiger charge is -2.29. The minimum atomic E-state index is 0.799. The predicted octanol–water partition coefficient (Wildman–Crippen LogP) is 3.08. The molecule has 1 aliphatic rings. The van der Waals surface area contributed by atoms with Crippen LogP contribution in [0.4, 0.5) is 5.69 Å². The highest BCUT2D eigenvalue weighted by Gasteiger charge is 2.15. The number of fused-ring (bicyclic) bond motifs is 1. The zero-order valence-electron chi connectivity index (χ0n) is 13.5. The van der Waals surface area contributed by atoms with Gasteiger partial charge < -0.3 is 14.6 Å². The maximum Gasteiger partial charge on any atom is 0.0924 e. The number of pyridine rings is 1. The predicted molar refractivity (Wildman–Crippen MR) is 91.8 cm³/mol. The van der Waals surface area contributed by atoms with Crippen LogP contribution in [-0.2, 0) is 4.74 Å². The van der Waals surface area contributed by atoms with Crippen LogP contribution in [0.25, 0.3) is 22.3 Å². The second-order valence-corrected chi connectivity index (χ2v) is 6.05. The van der Waals surface area contributed by atoms with E-state index in [0.29, 0.717) is 0 Å². The topological polar surface area (TPSA) is 54.0 Å². The summed E-state index contributed by atoms with van der Waals surface area (Å²) in [6, 6.07) is 6.61. The van der Waals surface area contributed by atoms with E-state index in [4.69, 9.17) is 9.72 Å². The van der Waals surface area contributed by atoms with Crippen LogP contribution in [0.1, 0.15) is 11.1 Å². The van der Waals surface area contributed by atoms with Crippen LogP contribution in [0.15, 0.2) is 30.7 Å². The van der Waals surface area contributed by atoms with Crippen molar-refractivity contribution in [1.29, 1.82) is 0 Å². The van der Waals surface area contributed by atoms with Gasteiger partial charge in [0.1, 0.15) is 0 Å². The molecule has 1 fully saturated rings. The first-order valence-electron chi connectivity index (χ1n) is 7.96. The molecule has 0 amide bonds. The van der Waals surface area contributed by atoms with Crippen molar-refractivity contribution in [3.63, 3.8) is 0 Å². The van der Waals surface area contributed by atoms with Crippen LogP contribution in [0.2, 0.25) is 0 Å². The standard InChI is InChI=1S/C18H20N4O/c1-12-8-16(17-10-19-11-20-17)21-18-13(2)7-14(9-15(12)18)22-3-5-23-6-4-22/h7-11H,3-6H2,1-2H3,(H,19,20). The van der Waals surface area contributed by atoms with E-state index in [1.54, 1.807) is 6.33 Å². The zero-order valence-corrected chi connectivity index (χ0v) is 13.5. The van der Waals surface area contributed by atoms with E-state index < -0.39 is 0 Å². The summed E-state index contributed by atoms with van der Waals surface area (Å²) < 4.78 is 5.46. The van der Waals surface area contributed by atoms with E-state index in [-0.39, 0.29) is 0 Å². The van der Waals surface area contributed by atoms with E-state index >= 15 is 0 Å². The normalized spacial score (nSPS) is 15.3. The number of rotatable bonds is 2. The Bertz CT molecular complexity index is 836. The van der Waals surface area contributed by atoms with Crippen LogP contribution in [-0.4, -0.2) is 41.3 Å². The molecule has 0 spiro atoms. The molecule has 1 N–H and O–H groups in total. The van der Waals surface area contributed by atoms with Crippen molar-refractivity contribution in [3.05, 3.63) is 41.9 Å². The smallest absolute Gasteiger partial charge is 0.0924 e. The summed E-state index contributed by atoms with van der Waals surface area (Å²) in [5.41, 5.74) is 6.65. The van der Waals surface area contributed by atoms with Crippen molar-refractivity contribution in [3.8, 4) is 11.4 Å². The highest BCUT2D eigenvalue weighted by Crippen LogP contribution is 2.30. The Balaban J connectivity index is 1.83. The fourth-order valence-corrected chi connectivity index (χ4v) is 3.18. The first-order valence-corrected chi connectivity index (χ1v) is 7.96. The molecule has 118 valence electrons. The van der Waals surface area contributed by atoms with Crippen LogP contribution in [0, 0.1) is 13.8 Å². The van der Waals surface area contributed by atoms with Crippen LogP contribution in [0.5, 0.6) is 0 Å². The number of H-pyrrole nitrogens is 1. The summed E-state index contributed by atoms with van der Waals surface area (Å²) in [7, 11) is 0. The third kappa shape index (κ3) is 2.57. The van der Waals surface area contributed by atoms with Gasteiger partial charge in [-0.25, -0.2) is 9.97 Å². The van der Waals surface area contributed by atoms with Crippen molar-refractivity contribution in [2.45, 2.75) is 13.8 Å². The van der Waals surface area contributed by atoms with E-state index in [1.807, 2.05) is 6.20 Å².